The van der Waals surface area contributed by atoms with Crippen LogP contribution in [0, 0.1) is 0 Å². The van der Waals surface area contributed by atoms with Crippen molar-refractivity contribution in [1.29, 1.82) is 0 Å². The van der Waals surface area contributed by atoms with Crippen molar-refractivity contribution < 1.29 is 19.0 Å². The van der Waals surface area contributed by atoms with Crippen LogP contribution >= 0.6 is 11.6 Å². The van der Waals surface area contributed by atoms with Crippen LogP contribution in [0.4, 0.5) is 10.6 Å². The number of nitrogen functional groups attached to an aromatic ring is 1. The highest BCUT2D eigenvalue weighted by Crippen LogP contribution is 2.35. The maximum atomic E-state index is 12.1. The van der Waals surface area contributed by atoms with Gasteiger partial charge in [0.2, 0.25) is 0 Å². The normalized spacial score (nSPS) is 18.0. The predicted molar refractivity (Wildman–Crippen MR) is 87.1 cm³/mol. The molecule has 1 fully saturated rings. The molecule has 0 aromatic carbocycles. The lowest BCUT2D eigenvalue weighted by Gasteiger charge is -2.24. The van der Waals surface area contributed by atoms with E-state index in [1.54, 1.807) is 4.90 Å². The number of amides is 1. The Hall–Kier alpha value is -1.89. The predicted octanol–water partition coefficient (Wildman–Crippen LogP) is 2.71. The molecule has 8 heteroatoms. The third kappa shape index (κ3) is 4.54. The first-order valence-electron chi connectivity index (χ1n) is 7.34. The quantitative estimate of drug-likeness (QED) is 0.908. The first-order valence-corrected chi connectivity index (χ1v) is 7.72. The van der Waals surface area contributed by atoms with E-state index in [1.165, 1.54) is 13.2 Å². The first-order chi connectivity index (χ1) is 10.7. The van der Waals surface area contributed by atoms with Gasteiger partial charge in [-0.25, -0.2) is 4.79 Å². The average molecular weight is 344 g/mol. The van der Waals surface area contributed by atoms with Gasteiger partial charge in [-0.15, -0.1) is 0 Å². The van der Waals surface area contributed by atoms with Gasteiger partial charge in [-0.2, -0.15) is 4.98 Å². The van der Waals surface area contributed by atoms with Crippen molar-refractivity contribution in [2.24, 2.45) is 0 Å². The number of hydrogen-bond donors (Lipinski definition) is 1. The number of methoxy groups -OCH3 is 1. The second-order valence-electron chi connectivity index (χ2n) is 6.32. The van der Waals surface area contributed by atoms with Gasteiger partial charge in [-0.3, -0.25) is 0 Å². The van der Waals surface area contributed by atoms with E-state index in [4.69, 9.17) is 31.5 Å². The van der Waals surface area contributed by atoms with Crippen molar-refractivity contribution in [2.75, 3.05) is 25.9 Å². The van der Waals surface area contributed by atoms with Crippen LogP contribution in [0.2, 0.25) is 5.02 Å². The molecule has 7 nitrogen and oxygen atoms in total. The monoisotopic (exact) mass is 343 g/mol. The Bertz CT molecular complexity index is 589. The molecule has 1 aliphatic heterocycles. The standard InChI is InChI=1S/C15H22ClN3O4/c1-15(2,3)23-14(20)19-6-5-9(8-19)22-13-12(21-4)10(16)7-11(17)18-13/h7,9H,5-6,8H2,1-4H3,(H2,17,18). The van der Waals surface area contributed by atoms with E-state index in [-0.39, 0.29) is 23.9 Å². The van der Waals surface area contributed by atoms with Gasteiger partial charge in [0.05, 0.1) is 18.7 Å². The number of aromatic nitrogens is 1. The molecule has 1 amide bonds. The van der Waals surface area contributed by atoms with E-state index in [1.807, 2.05) is 20.8 Å². The number of carbonyl (C=O) groups is 1. The van der Waals surface area contributed by atoms with Gasteiger partial charge in [-0.1, -0.05) is 11.6 Å². The van der Waals surface area contributed by atoms with Crippen LogP contribution in [-0.2, 0) is 4.74 Å². The molecular weight excluding hydrogens is 322 g/mol. The van der Waals surface area contributed by atoms with Crippen LogP contribution in [0.25, 0.3) is 0 Å². The van der Waals surface area contributed by atoms with Crippen LogP contribution < -0.4 is 15.2 Å². The molecule has 1 aromatic heterocycles. The third-order valence-electron chi connectivity index (χ3n) is 3.20. The second kappa shape index (κ2) is 6.70. The number of carbonyl (C=O) groups excluding carboxylic acids is 1. The molecule has 2 rings (SSSR count). The number of halogens is 1. The summed E-state index contributed by atoms with van der Waals surface area (Å²) in [4.78, 5) is 17.8. The lowest BCUT2D eigenvalue weighted by Crippen LogP contribution is -2.36. The van der Waals surface area contributed by atoms with E-state index in [9.17, 15) is 4.79 Å². The maximum absolute atomic E-state index is 12.1. The minimum atomic E-state index is -0.526. The number of rotatable bonds is 3. The van der Waals surface area contributed by atoms with Crippen molar-refractivity contribution in [3.8, 4) is 11.6 Å². The molecule has 23 heavy (non-hydrogen) atoms. The zero-order valence-corrected chi connectivity index (χ0v) is 14.5. The molecule has 0 spiro atoms. The van der Waals surface area contributed by atoms with Crippen molar-refractivity contribution >= 4 is 23.5 Å². The van der Waals surface area contributed by atoms with Gasteiger partial charge in [0.15, 0.2) is 5.75 Å². The Balaban J connectivity index is 2.02. The molecule has 0 aliphatic carbocycles. The summed E-state index contributed by atoms with van der Waals surface area (Å²) in [6.45, 7) is 6.46. The molecule has 2 N–H and O–H groups in total. The van der Waals surface area contributed by atoms with Crippen molar-refractivity contribution in [3.05, 3.63) is 11.1 Å². The summed E-state index contributed by atoms with van der Waals surface area (Å²) in [5, 5.41) is 0.331. The van der Waals surface area contributed by atoms with Gasteiger partial charge >= 0.3 is 6.09 Å². The minimum Gasteiger partial charge on any atom is -0.490 e. The van der Waals surface area contributed by atoms with E-state index < -0.39 is 5.60 Å². The fourth-order valence-electron chi connectivity index (χ4n) is 2.24. The number of nitrogens with two attached hydrogens (primary N) is 1. The van der Waals surface area contributed by atoms with Gasteiger partial charge in [-0.05, 0) is 20.8 Å². The minimum absolute atomic E-state index is 0.221. The number of likely N-dealkylation sites (tertiary alicyclic amines) is 1. The van der Waals surface area contributed by atoms with Gasteiger partial charge in [0, 0.05) is 19.0 Å². The smallest absolute Gasteiger partial charge is 0.410 e. The first kappa shape index (κ1) is 17.5. The van der Waals surface area contributed by atoms with Gasteiger partial charge in [0.1, 0.15) is 17.5 Å². The van der Waals surface area contributed by atoms with Crippen LogP contribution in [-0.4, -0.2) is 47.9 Å². The Morgan fingerprint density at radius 2 is 2.17 bits per heavy atom. The number of pyridine rings is 1. The van der Waals surface area contributed by atoms with E-state index in [0.717, 1.165) is 0 Å². The number of ether oxygens (including phenoxy) is 3. The Morgan fingerprint density at radius 3 is 2.78 bits per heavy atom. The van der Waals surface area contributed by atoms with Crippen molar-refractivity contribution in [2.45, 2.75) is 38.9 Å². The van der Waals surface area contributed by atoms with Crippen molar-refractivity contribution in [1.82, 2.24) is 9.88 Å². The Morgan fingerprint density at radius 1 is 1.48 bits per heavy atom. The maximum Gasteiger partial charge on any atom is 0.410 e. The largest absolute Gasteiger partial charge is 0.490 e. The molecule has 1 aromatic rings. The second-order valence-corrected chi connectivity index (χ2v) is 6.73. The van der Waals surface area contributed by atoms with E-state index in [0.29, 0.717) is 30.3 Å². The molecule has 1 unspecified atom stereocenters. The molecule has 1 atom stereocenters. The summed E-state index contributed by atoms with van der Waals surface area (Å²) < 4.78 is 16.4. The number of anilines is 1. The molecule has 1 saturated heterocycles. The summed E-state index contributed by atoms with van der Waals surface area (Å²) in [7, 11) is 1.48. The lowest BCUT2D eigenvalue weighted by molar-refractivity contribution is 0.0274. The lowest BCUT2D eigenvalue weighted by atomic mass is 10.2. The molecule has 0 radical (unpaired) electrons. The van der Waals surface area contributed by atoms with Crippen LogP contribution in [0.15, 0.2) is 6.07 Å². The third-order valence-corrected chi connectivity index (χ3v) is 3.48. The molecule has 0 bridgehead atoms. The average Bonchev–Trinajstić information content (AvgIpc) is 2.85. The molecule has 128 valence electrons. The summed E-state index contributed by atoms with van der Waals surface area (Å²) >= 11 is 6.06. The highest BCUT2D eigenvalue weighted by Gasteiger charge is 2.32. The summed E-state index contributed by atoms with van der Waals surface area (Å²) in [5.74, 6) is 0.804. The topological polar surface area (TPSA) is 86.9 Å². The SMILES string of the molecule is COc1c(Cl)cc(N)nc1OC1CCN(C(=O)OC(C)(C)C)C1. The highest BCUT2D eigenvalue weighted by molar-refractivity contribution is 6.32. The Labute approximate surface area is 140 Å². The molecule has 2 heterocycles. The Kier molecular flexibility index (Phi) is 5.09. The van der Waals surface area contributed by atoms with E-state index >= 15 is 0 Å². The van der Waals surface area contributed by atoms with Crippen molar-refractivity contribution in [3.63, 3.8) is 0 Å². The number of nitrogens with zero attached hydrogens (tertiary/aromatic N) is 2. The van der Waals surface area contributed by atoms with Gasteiger partial charge < -0.3 is 24.8 Å². The molecule has 0 saturated carbocycles. The summed E-state index contributed by atoms with van der Waals surface area (Å²) in [6.07, 6.45) is 0.0900. The zero-order chi connectivity index (χ0) is 17.2. The molecule has 1 aliphatic rings. The van der Waals surface area contributed by atoms with E-state index in [2.05, 4.69) is 4.98 Å². The van der Waals surface area contributed by atoms with Gasteiger partial charge in [0.25, 0.3) is 5.88 Å². The van der Waals surface area contributed by atoms with Crippen LogP contribution in [0.3, 0.4) is 0 Å². The fourth-order valence-corrected chi connectivity index (χ4v) is 2.51. The highest BCUT2D eigenvalue weighted by atomic mass is 35.5. The number of hydrogen-bond acceptors (Lipinski definition) is 6. The van der Waals surface area contributed by atoms with Crippen LogP contribution in [0.5, 0.6) is 11.6 Å². The summed E-state index contributed by atoms with van der Waals surface area (Å²) in [5.41, 5.74) is 5.16. The fraction of sp³-hybridized carbons (Fsp3) is 0.600. The summed E-state index contributed by atoms with van der Waals surface area (Å²) in [6, 6.07) is 1.49. The molecular formula is C15H22ClN3O4. The zero-order valence-electron chi connectivity index (χ0n) is 13.8. The van der Waals surface area contributed by atoms with Crippen LogP contribution in [0.1, 0.15) is 27.2 Å².